The van der Waals surface area contributed by atoms with E-state index in [0.29, 0.717) is 0 Å². The van der Waals surface area contributed by atoms with E-state index < -0.39 is 0 Å². The lowest BCUT2D eigenvalue weighted by Crippen LogP contribution is -2.47. The molecule has 2 saturated heterocycles. The summed E-state index contributed by atoms with van der Waals surface area (Å²) in [6, 6.07) is 6.82. The van der Waals surface area contributed by atoms with Gasteiger partial charge in [-0.15, -0.1) is 0 Å². The van der Waals surface area contributed by atoms with Crippen LogP contribution in [0.3, 0.4) is 0 Å². The Labute approximate surface area is 181 Å². The summed E-state index contributed by atoms with van der Waals surface area (Å²) < 4.78 is 18.6. The Morgan fingerprint density at radius 1 is 1.17 bits per heavy atom. The van der Waals surface area contributed by atoms with Crippen LogP contribution in [-0.2, 0) is 4.74 Å². The van der Waals surface area contributed by atoms with Crippen molar-refractivity contribution in [2.45, 2.75) is 26.2 Å². The molecule has 1 aromatic carbocycles. The Morgan fingerprint density at radius 2 is 1.87 bits per heavy atom. The highest BCUT2D eigenvalue weighted by atomic mass is 19.1. The van der Waals surface area contributed by atoms with Gasteiger partial charge >= 0.3 is 0 Å². The third kappa shape index (κ3) is 7.13. The van der Waals surface area contributed by atoms with Crippen molar-refractivity contribution in [3.05, 3.63) is 30.1 Å². The zero-order valence-electron chi connectivity index (χ0n) is 18.7. The monoisotopic (exact) mass is 419 g/mol. The molecule has 0 aromatic heterocycles. The summed E-state index contributed by atoms with van der Waals surface area (Å²) in [6.45, 7) is 11.6. The van der Waals surface area contributed by atoms with Gasteiger partial charge < -0.3 is 19.9 Å². The van der Waals surface area contributed by atoms with E-state index in [1.807, 2.05) is 12.1 Å². The van der Waals surface area contributed by atoms with Crippen LogP contribution < -0.4 is 10.2 Å². The zero-order valence-corrected chi connectivity index (χ0v) is 18.7. The van der Waals surface area contributed by atoms with Gasteiger partial charge in [-0.05, 0) is 56.4 Å². The number of halogens is 1. The van der Waals surface area contributed by atoms with E-state index in [1.165, 1.54) is 31.4 Å². The molecule has 0 aliphatic carbocycles. The molecule has 0 spiro atoms. The fourth-order valence-electron chi connectivity index (χ4n) is 4.17. The van der Waals surface area contributed by atoms with Crippen LogP contribution in [0.1, 0.15) is 26.2 Å². The van der Waals surface area contributed by atoms with Crippen molar-refractivity contribution in [2.75, 3.05) is 77.5 Å². The first-order valence-corrected chi connectivity index (χ1v) is 11.5. The third-order valence-electron chi connectivity index (χ3n) is 6.15. The van der Waals surface area contributed by atoms with Gasteiger partial charge in [0.1, 0.15) is 5.82 Å². The SMILES string of the molecule is CCNC(=NCCN1CCN(c2ccc(F)cc2)CC1)N(C)CCC1CCOCC1. The van der Waals surface area contributed by atoms with Crippen LogP contribution in [0.5, 0.6) is 0 Å². The van der Waals surface area contributed by atoms with Crippen LogP contribution in [0, 0.1) is 11.7 Å². The molecule has 2 fully saturated rings. The first-order valence-electron chi connectivity index (χ1n) is 11.5. The van der Waals surface area contributed by atoms with Crippen molar-refractivity contribution in [2.24, 2.45) is 10.9 Å². The van der Waals surface area contributed by atoms with Crippen molar-refractivity contribution in [3.63, 3.8) is 0 Å². The molecule has 1 aromatic rings. The summed E-state index contributed by atoms with van der Waals surface area (Å²) in [5.74, 6) is 1.61. The number of guanidine groups is 1. The van der Waals surface area contributed by atoms with E-state index in [4.69, 9.17) is 9.73 Å². The first kappa shape index (κ1) is 22.8. The maximum atomic E-state index is 13.1. The number of rotatable bonds is 8. The quantitative estimate of drug-likeness (QED) is 0.518. The zero-order chi connectivity index (χ0) is 21.2. The minimum absolute atomic E-state index is 0.176. The number of hydrogen-bond acceptors (Lipinski definition) is 4. The average Bonchev–Trinajstić information content (AvgIpc) is 2.78. The summed E-state index contributed by atoms with van der Waals surface area (Å²) in [4.78, 5) is 11.9. The van der Waals surface area contributed by atoms with Gasteiger partial charge in [-0.3, -0.25) is 9.89 Å². The molecule has 0 atom stereocenters. The standard InChI is InChI=1S/C23H38FN5O/c1-3-25-23(27(2)12-8-20-9-18-30-19-10-20)26-11-13-28-14-16-29(17-15-28)22-6-4-21(24)5-7-22/h4-7,20H,3,8-19H2,1-2H3,(H,25,26). The maximum Gasteiger partial charge on any atom is 0.193 e. The predicted octanol–water partition coefficient (Wildman–Crippen LogP) is 2.66. The summed E-state index contributed by atoms with van der Waals surface area (Å²) >= 11 is 0. The molecule has 0 bridgehead atoms. The molecule has 0 saturated carbocycles. The van der Waals surface area contributed by atoms with Crippen molar-refractivity contribution < 1.29 is 9.13 Å². The Bertz CT molecular complexity index is 639. The van der Waals surface area contributed by atoms with Gasteiger partial charge in [-0.2, -0.15) is 0 Å². The highest BCUT2D eigenvalue weighted by Crippen LogP contribution is 2.19. The minimum Gasteiger partial charge on any atom is -0.381 e. The lowest BCUT2D eigenvalue weighted by atomic mass is 9.96. The number of ether oxygens (including phenoxy) is 1. The molecule has 168 valence electrons. The normalized spacial score (nSPS) is 19.2. The first-order chi connectivity index (χ1) is 14.7. The second-order valence-corrected chi connectivity index (χ2v) is 8.31. The maximum absolute atomic E-state index is 13.1. The van der Waals surface area contributed by atoms with Crippen molar-refractivity contribution in [3.8, 4) is 0 Å². The van der Waals surface area contributed by atoms with Gasteiger partial charge in [-0.1, -0.05) is 0 Å². The number of nitrogens with zero attached hydrogens (tertiary/aromatic N) is 4. The van der Waals surface area contributed by atoms with Gasteiger partial charge in [0.15, 0.2) is 5.96 Å². The number of aliphatic imine (C=N–C) groups is 1. The van der Waals surface area contributed by atoms with Crippen molar-refractivity contribution in [1.82, 2.24) is 15.1 Å². The van der Waals surface area contributed by atoms with Crippen LogP contribution >= 0.6 is 0 Å². The summed E-state index contributed by atoms with van der Waals surface area (Å²) in [5, 5.41) is 3.43. The number of nitrogens with one attached hydrogen (secondary N) is 1. The third-order valence-corrected chi connectivity index (χ3v) is 6.15. The Balaban J connectivity index is 1.40. The highest BCUT2D eigenvalue weighted by molar-refractivity contribution is 5.79. The summed E-state index contributed by atoms with van der Waals surface area (Å²) in [6.07, 6.45) is 3.58. The van der Waals surface area contributed by atoms with E-state index in [-0.39, 0.29) is 5.82 Å². The Hall–Kier alpha value is -1.86. The molecule has 30 heavy (non-hydrogen) atoms. The molecule has 0 amide bonds. The van der Waals surface area contributed by atoms with Crippen LogP contribution in [0.15, 0.2) is 29.3 Å². The number of piperazine rings is 1. The second-order valence-electron chi connectivity index (χ2n) is 8.31. The van der Waals surface area contributed by atoms with Crippen molar-refractivity contribution in [1.29, 1.82) is 0 Å². The molecule has 2 aliphatic heterocycles. The molecule has 2 heterocycles. The van der Waals surface area contributed by atoms with Crippen LogP contribution in [-0.4, -0.2) is 88.4 Å². The molecule has 6 nitrogen and oxygen atoms in total. The van der Waals surface area contributed by atoms with Gasteiger partial charge in [0.25, 0.3) is 0 Å². The van der Waals surface area contributed by atoms with Crippen LogP contribution in [0.2, 0.25) is 0 Å². The van der Waals surface area contributed by atoms with E-state index in [9.17, 15) is 4.39 Å². The Kier molecular flexibility index (Phi) is 9.21. The van der Waals surface area contributed by atoms with Gasteiger partial charge in [0.2, 0.25) is 0 Å². The van der Waals surface area contributed by atoms with Gasteiger partial charge in [0, 0.05) is 71.8 Å². The van der Waals surface area contributed by atoms with Crippen LogP contribution in [0.4, 0.5) is 10.1 Å². The highest BCUT2D eigenvalue weighted by Gasteiger charge is 2.18. The number of benzene rings is 1. The predicted molar refractivity (Wildman–Crippen MR) is 122 cm³/mol. The van der Waals surface area contributed by atoms with Crippen LogP contribution in [0.25, 0.3) is 0 Å². The summed E-state index contributed by atoms with van der Waals surface area (Å²) in [7, 11) is 2.14. The van der Waals surface area contributed by atoms with Crippen molar-refractivity contribution >= 4 is 11.6 Å². The molecule has 0 radical (unpaired) electrons. The second kappa shape index (κ2) is 12.1. The molecule has 3 rings (SSSR count). The smallest absolute Gasteiger partial charge is 0.193 e. The lowest BCUT2D eigenvalue weighted by molar-refractivity contribution is 0.0625. The molecular weight excluding hydrogens is 381 g/mol. The largest absolute Gasteiger partial charge is 0.381 e. The minimum atomic E-state index is -0.176. The molecule has 2 aliphatic rings. The molecule has 0 unspecified atom stereocenters. The summed E-state index contributed by atoms with van der Waals surface area (Å²) in [5.41, 5.74) is 1.11. The fraction of sp³-hybridized carbons (Fsp3) is 0.696. The Morgan fingerprint density at radius 3 is 2.53 bits per heavy atom. The molecule has 1 N–H and O–H groups in total. The van der Waals surface area contributed by atoms with Gasteiger partial charge in [-0.25, -0.2) is 4.39 Å². The fourth-order valence-corrected chi connectivity index (χ4v) is 4.17. The lowest BCUT2D eigenvalue weighted by Gasteiger charge is -2.36. The molecule has 7 heteroatoms. The van der Waals surface area contributed by atoms with E-state index >= 15 is 0 Å². The van der Waals surface area contributed by atoms with Gasteiger partial charge in [0.05, 0.1) is 6.54 Å². The number of anilines is 1. The average molecular weight is 420 g/mol. The molecular formula is C23H38FN5O. The van der Waals surface area contributed by atoms with E-state index in [1.54, 1.807) is 0 Å². The van der Waals surface area contributed by atoms with E-state index in [0.717, 1.165) is 83.1 Å². The topological polar surface area (TPSA) is 43.3 Å². The van der Waals surface area contributed by atoms with E-state index in [2.05, 4.69) is 34.0 Å². The number of hydrogen-bond donors (Lipinski definition) is 1.